The third kappa shape index (κ3) is 5.71. The van der Waals surface area contributed by atoms with Crippen molar-refractivity contribution in [1.29, 1.82) is 0 Å². The molecule has 1 unspecified atom stereocenters. The van der Waals surface area contributed by atoms with Crippen LogP contribution in [0.4, 0.5) is 0 Å². The number of hydrogen-bond acceptors (Lipinski definition) is 2. The fraction of sp³-hybridized carbons (Fsp3) is 0.462. The van der Waals surface area contributed by atoms with Crippen molar-refractivity contribution >= 4 is 29.9 Å². The number of nitrogens with two attached hydrogens (primary N) is 1. The van der Waals surface area contributed by atoms with E-state index in [1.807, 2.05) is 0 Å². The van der Waals surface area contributed by atoms with Crippen LogP contribution >= 0.6 is 24.0 Å². The Morgan fingerprint density at radius 3 is 2.50 bits per heavy atom. The Morgan fingerprint density at radius 2 is 2.00 bits per heavy atom. The number of nitrogens with one attached hydrogen (secondary N) is 1. The monoisotopic (exact) mass is 290 g/mol. The van der Waals surface area contributed by atoms with E-state index < -0.39 is 0 Å². The normalized spacial score (nSPS) is 11.5. The summed E-state index contributed by atoms with van der Waals surface area (Å²) in [5, 5.41) is 3.56. The van der Waals surface area contributed by atoms with Crippen LogP contribution in [0, 0.1) is 0 Å². The number of carbonyl (C=O) groups is 1. The number of benzene rings is 1. The molecule has 0 heterocycles. The molecule has 0 saturated carbocycles. The van der Waals surface area contributed by atoms with Crippen LogP contribution in [0.5, 0.6) is 0 Å². The number of halogens is 2. The lowest BCUT2D eigenvalue weighted by Crippen LogP contribution is -2.40. The van der Waals surface area contributed by atoms with E-state index in [-0.39, 0.29) is 24.4 Å². The van der Waals surface area contributed by atoms with Crippen LogP contribution in [0.3, 0.4) is 0 Å². The van der Waals surface area contributed by atoms with Gasteiger partial charge in [-0.3, -0.25) is 4.79 Å². The third-order valence-electron chi connectivity index (χ3n) is 2.63. The highest BCUT2D eigenvalue weighted by Crippen LogP contribution is 2.10. The smallest absolute Gasteiger partial charge is 0.251 e. The van der Waals surface area contributed by atoms with Crippen molar-refractivity contribution in [2.45, 2.75) is 32.2 Å². The van der Waals surface area contributed by atoms with Gasteiger partial charge in [-0.25, -0.2) is 0 Å². The molecule has 102 valence electrons. The molecule has 18 heavy (non-hydrogen) atoms. The Kier molecular flexibility index (Phi) is 8.81. The van der Waals surface area contributed by atoms with E-state index in [0.717, 1.165) is 19.3 Å². The maximum Gasteiger partial charge on any atom is 0.251 e. The topological polar surface area (TPSA) is 55.1 Å². The molecule has 1 aromatic rings. The Balaban J connectivity index is 0.00000289. The van der Waals surface area contributed by atoms with Gasteiger partial charge in [0.25, 0.3) is 5.91 Å². The second-order valence-electron chi connectivity index (χ2n) is 4.06. The van der Waals surface area contributed by atoms with Crippen molar-refractivity contribution in [3.05, 3.63) is 34.9 Å². The molecule has 0 aliphatic carbocycles. The van der Waals surface area contributed by atoms with E-state index in [2.05, 4.69) is 12.2 Å². The maximum atomic E-state index is 11.9. The van der Waals surface area contributed by atoms with Gasteiger partial charge < -0.3 is 11.1 Å². The number of unbranched alkanes of at least 4 members (excludes halogenated alkanes) is 1. The molecule has 1 aromatic carbocycles. The van der Waals surface area contributed by atoms with Crippen LogP contribution in [0.15, 0.2) is 24.3 Å². The molecule has 3 nitrogen and oxygen atoms in total. The largest absolute Gasteiger partial charge is 0.348 e. The van der Waals surface area contributed by atoms with Gasteiger partial charge in [0, 0.05) is 23.2 Å². The minimum Gasteiger partial charge on any atom is -0.348 e. The molecule has 1 amide bonds. The molecule has 3 N–H and O–H groups in total. The third-order valence-corrected chi connectivity index (χ3v) is 2.88. The highest BCUT2D eigenvalue weighted by atomic mass is 35.5. The van der Waals surface area contributed by atoms with Gasteiger partial charge in [0.15, 0.2) is 0 Å². The summed E-state index contributed by atoms with van der Waals surface area (Å²) in [6.07, 6.45) is 3.10. The summed E-state index contributed by atoms with van der Waals surface area (Å²) in [4.78, 5) is 11.9. The number of carbonyl (C=O) groups excluding carboxylic acids is 1. The average Bonchev–Trinajstić information content (AvgIpc) is 2.35. The zero-order chi connectivity index (χ0) is 12.7. The molecule has 0 spiro atoms. The van der Waals surface area contributed by atoms with Crippen LogP contribution in [-0.2, 0) is 0 Å². The Morgan fingerprint density at radius 1 is 1.39 bits per heavy atom. The molecule has 0 bridgehead atoms. The van der Waals surface area contributed by atoms with Crippen molar-refractivity contribution in [1.82, 2.24) is 5.32 Å². The van der Waals surface area contributed by atoms with Crippen LogP contribution < -0.4 is 11.1 Å². The first-order chi connectivity index (χ1) is 8.17. The molecule has 0 aliphatic rings. The molecular weight excluding hydrogens is 271 g/mol. The number of hydrogen-bond donors (Lipinski definition) is 2. The first-order valence-electron chi connectivity index (χ1n) is 5.94. The predicted molar refractivity (Wildman–Crippen MR) is 78.5 cm³/mol. The lowest BCUT2D eigenvalue weighted by Gasteiger charge is -2.16. The van der Waals surface area contributed by atoms with Crippen LogP contribution in [0.25, 0.3) is 0 Å². The summed E-state index contributed by atoms with van der Waals surface area (Å²) in [6.45, 7) is 2.59. The first kappa shape index (κ1) is 17.2. The van der Waals surface area contributed by atoms with Gasteiger partial charge in [-0.2, -0.15) is 0 Å². The fourth-order valence-corrected chi connectivity index (χ4v) is 1.70. The van der Waals surface area contributed by atoms with Crippen molar-refractivity contribution in [2.75, 3.05) is 6.54 Å². The Hall–Kier alpha value is -0.770. The summed E-state index contributed by atoms with van der Waals surface area (Å²) < 4.78 is 0. The minimum absolute atomic E-state index is 0. The molecule has 0 fully saturated rings. The van der Waals surface area contributed by atoms with Gasteiger partial charge in [0.2, 0.25) is 0 Å². The average molecular weight is 291 g/mol. The molecule has 0 aliphatic heterocycles. The molecule has 1 atom stereocenters. The minimum atomic E-state index is -0.0896. The number of rotatable bonds is 6. The molecule has 0 saturated heterocycles. The molecule has 1 rings (SSSR count). The van der Waals surface area contributed by atoms with Gasteiger partial charge >= 0.3 is 0 Å². The zero-order valence-electron chi connectivity index (χ0n) is 10.5. The summed E-state index contributed by atoms with van der Waals surface area (Å²) in [7, 11) is 0. The standard InChI is InChI=1S/C13H19ClN2O.ClH/c1-2-3-4-12(9-15)16-13(17)10-5-7-11(14)8-6-10;/h5-8,12H,2-4,9,15H2,1H3,(H,16,17);1H. The van der Waals surface area contributed by atoms with Gasteiger partial charge in [-0.05, 0) is 30.7 Å². The van der Waals surface area contributed by atoms with Crippen molar-refractivity contribution in [2.24, 2.45) is 5.73 Å². The summed E-state index contributed by atoms with van der Waals surface area (Å²) in [5.41, 5.74) is 6.24. The van der Waals surface area contributed by atoms with Crippen molar-refractivity contribution in [3.63, 3.8) is 0 Å². The van der Waals surface area contributed by atoms with Gasteiger partial charge in [0.05, 0.1) is 0 Å². The van der Waals surface area contributed by atoms with Crippen LogP contribution in [0.1, 0.15) is 36.5 Å². The first-order valence-corrected chi connectivity index (χ1v) is 6.31. The SMILES string of the molecule is CCCCC(CN)NC(=O)c1ccc(Cl)cc1.Cl. The lowest BCUT2D eigenvalue weighted by molar-refractivity contribution is 0.0936. The van der Waals surface area contributed by atoms with E-state index in [0.29, 0.717) is 17.1 Å². The fourth-order valence-electron chi connectivity index (χ4n) is 1.57. The van der Waals surface area contributed by atoms with E-state index in [1.54, 1.807) is 24.3 Å². The Labute approximate surface area is 119 Å². The second kappa shape index (κ2) is 9.20. The molecule has 0 aromatic heterocycles. The molecule has 5 heteroatoms. The second-order valence-corrected chi connectivity index (χ2v) is 4.49. The van der Waals surface area contributed by atoms with Crippen molar-refractivity contribution < 1.29 is 4.79 Å². The molecule has 0 radical (unpaired) electrons. The van der Waals surface area contributed by atoms with Gasteiger partial charge in [0.1, 0.15) is 0 Å². The van der Waals surface area contributed by atoms with E-state index in [4.69, 9.17) is 17.3 Å². The van der Waals surface area contributed by atoms with Gasteiger partial charge in [-0.1, -0.05) is 31.4 Å². The van der Waals surface area contributed by atoms with Crippen LogP contribution in [0.2, 0.25) is 5.02 Å². The maximum absolute atomic E-state index is 11.9. The lowest BCUT2D eigenvalue weighted by atomic mass is 10.1. The predicted octanol–water partition coefficient (Wildman–Crippen LogP) is 3.01. The summed E-state index contributed by atoms with van der Waals surface area (Å²) >= 11 is 5.77. The Bertz CT molecular complexity index is 355. The quantitative estimate of drug-likeness (QED) is 0.846. The van der Waals surface area contributed by atoms with E-state index in [1.165, 1.54) is 0 Å². The van der Waals surface area contributed by atoms with E-state index >= 15 is 0 Å². The van der Waals surface area contributed by atoms with Crippen LogP contribution in [-0.4, -0.2) is 18.5 Å². The summed E-state index contributed by atoms with van der Waals surface area (Å²) in [5.74, 6) is -0.0896. The van der Waals surface area contributed by atoms with Gasteiger partial charge in [-0.15, -0.1) is 12.4 Å². The number of amides is 1. The van der Waals surface area contributed by atoms with Crippen molar-refractivity contribution in [3.8, 4) is 0 Å². The molecular formula is C13H20Cl2N2O. The zero-order valence-corrected chi connectivity index (χ0v) is 12.1. The van der Waals surface area contributed by atoms with E-state index in [9.17, 15) is 4.79 Å². The summed E-state index contributed by atoms with van der Waals surface area (Å²) in [6, 6.07) is 6.90. The highest BCUT2D eigenvalue weighted by molar-refractivity contribution is 6.30. The highest BCUT2D eigenvalue weighted by Gasteiger charge is 2.11.